The SMILES string of the molecule is CCCCCc1ccc(C=CC(=S)c2cccc3c2OC(N)(c2nn[nH]n2)CO3)cc1. The highest BCUT2D eigenvalue weighted by Gasteiger charge is 2.41. The van der Waals surface area contributed by atoms with Gasteiger partial charge in [0.15, 0.2) is 11.5 Å². The third-order valence-electron chi connectivity index (χ3n) is 5.17. The van der Waals surface area contributed by atoms with Crippen LogP contribution in [0.1, 0.15) is 48.7 Å². The quantitative estimate of drug-likeness (QED) is 0.239. The van der Waals surface area contributed by atoms with Gasteiger partial charge < -0.3 is 9.47 Å². The Hall–Kier alpha value is -3.10. The molecule has 3 aromatic rings. The number of aromatic nitrogens is 4. The fourth-order valence-electron chi connectivity index (χ4n) is 3.41. The predicted molar refractivity (Wildman–Crippen MR) is 123 cm³/mol. The van der Waals surface area contributed by atoms with E-state index < -0.39 is 5.72 Å². The molecule has 7 nitrogen and oxygen atoms in total. The number of allylic oxidation sites excluding steroid dienone is 1. The van der Waals surface area contributed by atoms with E-state index in [1.807, 2.05) is 30.4 Å². The van der Waals surface area contributed by atoms with Gasteiger partial charge in [0.1, 0.15) is 6.61 Å². The number of rotatable bonds is 8. The van der Waals surface area contributed by atoms with Crippen LogP contribution in [0.5, 0.6) is 11.5 Å². The van der Waals surface area contributed by atoms with Gasteiger partial charge in [-0.15, -0.1) is 10.2 Å². The number of fused-ring (bicyclic) bond motifs is 1. The Balaban J connectivity index is 1.50. The van der Waals surface area contributed by atoms with Crippen LogP contribution in [0.25, 0.3) is 6.08 Å². The van der Waals surface area contributed by atoms with Crippen molar-refractivity contribution in [1.82, 2.24) is 20.6 Å². The van der Waals surface area contributed by atoms with Crippen molar-refractivity contribution in [2.45, 2.75) is 38.3 Å². The van der Waals surface area contributed by atoms with Crippen LogP contribution < -0.4 is 15.2 Å². The third-order valence-corrected chi connectivity index (χ3v) is 5.53. The monoisotopic (exact) mass is 435 g/mol. The number of para-hydroxylation sites is 1. The van der Waals surface area contributed by atoms with E-state index in [0.717, 1.165) is 17.5 Å². The lowest BCUT2D eigenvalue weighted by molar-refractivity contribution is -0.0149. The predicted octanol–water partition coefficient (Wildman–Crippen LogP) is 3.95. The molecule has 0 aliphatic carbocycles. The van der Waals surface area contributed by atoms with Crippen LogP contribution in [0.2, 0.25) is 0 Å². The number of H-pyrrole nitrogens is 1. The maximum absolute atomic E-state index is 6.34. The summed E-state index contributed by atoms with van der Waals surface area (Å²) in [6.07, 6.45) is 8.72. The Morgan fingerprint density at radius 1 is 1.23 bits per heavy atom. The summed E-state index contributed by atoms with van der Waals surface area (Å²) < 4.78 is 11.9. The molecule has 4 rings (SSSR count). The summed E-state index contributed by atoms with van der Waals surface area (Å²) in [6.45, 7) is 2.28. The fraction of sp³-hybridized carbons (Fsp3) is 0.304. The van der Waals surface area contributed by atoms with Crippen molar-refractivity contribution in [3.63, 3.8) is 0 Å². The molecular formula is C23H25N5O2S. The van der Waals surface area contributed by atoms with Gasteiger partial charge >= 0.3 is 0 Å². The maximum atomic E-state index is 6.34. The smallest absolute Gasteiger partial charge is 0.257 e. The highest BCUT2D eigenvalue weighted by Crippen LogP contribution is 2.39. The Bertz CT molecular complexity index is 1070. The second-order valence-corrected chi connectivity index (χ2v) is 7.98. The molecule has 0 radical (unpaired) electrons. The average molecular weight is 436 g/mol. The summed E-state index contributed by atoms with van der Waals surface area (Å²) in [5.74, 6) is 1.27. The maximum Gasteiger partial charge on any atom is 0.257 e. The number of nitrogens with one attached hydrogen (secondary N) is 1. The molecule has 0 saturated heterocycles. The summed E-state index contributed by atoms with van der Waals surface area (Å²) in [6, 6.07) is 14.1. The first kappa shape index (κ1) is 21.1. The van der Waals surface area contributed by atoms with Crippen molar-refractivity contribution in [1.29, 1.82) is 0 Å². The van der Waals surface area contributed by atoms with E-state index >= 15 is 0 Å². The molecule has 1 aliphatic heterocycles. The first-order valence-corrected chi connectivity index (χ1v) is 10.8. The molecule has 31 heavy (non-hydrogen) atoms. The molecule has 1 atom stereocenters. The third kappa shape index (κ3) is 4.81. The van der Waals surface area contributed by atoms with Crippen molar-refractivity contribution in [3.05, 3.63) is 71.1 Å². The van der Waals surface area contributed by atoms with E-state index in [-0.39, 0.29) is 12.4 Å². The standard InChI is InChI=1S/C23H25N5O2S/c1-2-3-4-6-16-9-11-17(12-10-16)13-14-20(31)18-7-5-8-19-21(18)30-23(24,15-29-19)22-25-27-28-26-22/h5,7-14H,2-4,6,15,24H2,1H3,(H,25,26,27,28). The van der Waals surface area contributed by atoms with E-state index in [1.54, 1.807) is 0 Å². The Kier molecular flexibility index (Phi) is 6.39. The molecule has 3 N–H and O–H groups in total. The van der Waals surface area contributed by atoms with Crippen molar-refractivity contribution in [2.24, 2.45) is 5.73 Å². The van der Waals surface area contributed by atoms with Crippen LogP contribution in [0.15, 0.2) is 48.5 Å². The number of nitrogens with two attached hydrogens (primary N) is 1. The minimum absolute atomic E-state index is 0.0657. The molecule has 0 bridgehead atoms. The van der Waals surface area contributed by atoms with Gasteiger partial charge in [-0.1, -0.05) is 68.4 Å². The molecule has 0 amide bonds. The largest absolute Gasteiger partial charge is 0.483 e. The van der Waals surface area contributed by atoms with Gasteiger partial charge in [-0.05, 0) is 47.4 Å². The van der Waals surface area contributed by atoms with Crippen LogP contribution in [0.4, 0.5) is 0 Å². The number of nitrogens with zero attached hydrogens (tertiary/aromatic N) is 3. The van der Waals surface area contributed by atoms with E-state index in [4.69, 9.17) is 27.4 Å². The van der Waals surface area contributed by atoms with Gasteiger partial charge in [0.2, 0.25) is 5.82 Å². The van der Waals surface area contributed by atoms with Gasteiger partial charge in [-0.3, -0.25) is 5.73 Å². The Morgan fingerprint density at radius 2 is 2.06 bits per heavy atom. The van der Waals surface area contributed by atoms with Gasteiger partial charge in [0.05, 0.1) is 0 Å². The Labute approximate surface area is 186 Å². The zero-order chi connectivity index (χ0) is 21.7. The van der Waals surface area contributed by atoms with Crippen LogP contribution in [-0.4, -0.2) is 32.1 Å². The zero-order valence-corrected chi connectivity index (χ0v) is 18.2. The summed E-state index contributed by atoms with van der Waals surface area (Å²) >= 11 is 5.66. The molecule has 0 fully saturated rings. The van der Waals surface area contributed by atoms with Crippen LogP contribution in [0.3, 0.4) is 0 Å². The van der Waals surface area contributed by atoms with Crippen LogP contribution in [0, 0.1) is 0 Å². The highest BCUT2D eigenvalue weighted by atomic mass is 32.1. The number of ether oxygens (including phenoxy) is 2. The van der Waals surface area contributed by atoms with Crippen LogP contribution in [-0.2, 0) is 12.1 Å². The van der Waals surface area contributed by atoms with E-state index in [9.17, 15) is 0 Å². The molecule has 160 valence electrons. The number of hydrogen-bond acceptors (Lipinski definition) is 7. The lowest BCUT2D eigenvalue weighted by Gasteiger charge is -2.33. The van der Waals surface area contributed by atoms with Gasteiger partial charge in [-0.2, -0.15) is 5.21 Å². The second-order valence-electron chi connectivity index (χ2n) is 7.54. The lowest BCUT2D eigenvalue weighted by atomic mass is 10.0. The van der Waals surface area contributed by atoms with Crippen LogP contribution >= 0.6 is 12.2 Å². The summed E-state index contributed by atoms with van der Waals surface area (Å²) in [4.78, 5) is 0.616. The normalized spacial score (nSPS) is 17.7. The van der Waals surface area contributed by atoms with E-state index in [1.165, 1.54) is 24.8 Å². The van der Waals surface area contributed by atoms with Gasteiger partial charge in [0, 0.05) is 10.4 Å². The van der Waals surface area contributed by atoms with E-state index in [0.29, 0.717) is 16.4 Å². The second kappa shape index (κ2) is 9.36. The van der Waals surface area contributed by atoms with Crippen molar-refractivity contribution in [2.75, 3.05) is 6.61 Å². The molecule has 1 aliphatic rings. The zero-order valence-electron chi connectivity index (χ0n) is 17.4. The molecule has 2 aromatic carbocycles. The molecule has 1 unspecified atom stereocenters. The molecule has 0 saturated carbocycles. The molecule has 0 spiro atoms. The summed E-state index contributed by atoms with van der Waals surface area (Å²) in [7, 11) is 0. The minimum Gasteiger partial charge on any atom is -0.483 e. The van der Waals surface area contributed by atoms with Crippen molar-refractivity contribution >= 4 is 23.2 Å². The fourth-order valence-corrected chi connectivity index (χ4v) is 3.64. The number of aromatic amines is 1. The van der Waals surface area contributed by atoms with Crippen molar-refractivity contribution in [3.8, 4) is 11.5 Å². The van der Waals surface area contributed by atoms with Gasteiger partial charge in [-0.25, -0.2) is 0 Å². The molecule has 2 heterocycles. The number of aryl methyl sites for hydroxylation is 1. The number of benzene rings is 2. The molecule has 1 aromatic heterocycles. The Morgan fingerprint density at radius 3 is 2.81 bits per heavy atom. The number of unbranched alkanes of at least 4 members (excludes halogenated alkanes) is 2. The number of thiocarbonyl (C=S) groups is 1. The van der Waals surface area contributed by atoms with Crippen molar-refractivity contribution < 1.29 is 9.47 Å². The molecular weight excluding hydrogens is 410 g/mol. The average Bonchev–Trinajstić information content (AvgIpc) is 3.34. The lowest BCUT2D eigenvalue weighted by Crippen LogP contribution is -2.51. The molecule has 8 heteroatoms. The summed E-state index contributed by atoms with van der Waals surface area (Å²) in [5.41, 5.74) is 8.16. The topological polar surface area (TPSA) is 98.9 Å². The van der Waals surface area contributed by atoms with Gasteiger partial charge in [0.25, 0.3) is 5.72 Å². The number of hydrogen-bond donors (Lipinski definition) is 2. The summed E-state index contributed by atoms with van der Waals surface area (Å²) in [5, 5.41) is 13.8. The first-order chi connectivity index (χ1) is 15.1. The van der Waals surface area contributed by atoms with E-state index in [2.05, 4.69) is 51.8 Å². The highest BCUT2D eigenvalue weighted by molar-refractivity contribution is 7.81. The minimum atomic E-state index is -1.34. The number of tetrazole rings is 1. The first-order valence-electron chi connectivity index (χ1n) is 10.4.